The van der Waals surface area contributed by atoms with Gasteiger partial charge in [-0.1, -0.05) is 22.8 Å². The average molecular weight is 312 g/mol. The highest BCUT2D eigenvalue weighted by atomic mass is 35.5. The molecule has 0 saturated carbocycles. The summed E-state index contributed by atoms with van der Waals surface area (Å²) in [5.74, 6) is -1.78. The molecule has 2 rings (SSSR count). The molecular weight excluding hydrogens is 303 g/mol. The maximum Gasteiger partial charge on any atom is 0.452 e. The Bertz CT molecular complexity index is 533. The van der Waals surface area contributed by atoms with E-state index in [0.29, 0.717) is 11.0 Å². The van der Waals surface area contributed by atoms with Crippen molar-refractivity contribution in [3.63, 3.8) is 0 Å². The van der Waals surface area contributed by atoms with Gasteiger partial charge in [-0.3, -0.25) is 9.80 Å². The minimum absolute atomic E-state index is 0.0102. The molecule has 0 spiro atoms. The van der Waals surface area contributed by atoms with Gasteiger partial charge in [-0.2, -0.15) is 13.2 Å². The molecule has 110 valence electrons. The van der Waals surface area contributed by atoms with Gasteiger partial charge in [0.25, 0.3) is 0 Å². The Kier molecular flexibility index (Phi) is 3.65. The Hall–Kier alpha value is -1.74. The molecule has 1 N–H and O–H groups in total. The summed E-state index contributed by atoms with van der Waals surface area (Å²) in [6.07, 6.45) is -4.78. The van der Waals surface area contributed by atoms with Crippen molar-refractivity contribution in [3.05, 3.63) is 24.5 Å². The Morgan fingerprint density at radius 1 is 1.60 bits per heavy atom. The zero-order chi connectivity index (χ0) is 15.1. The summed E-state index contributed by atoms with van der Waals surface area (Å²) in [6, 6.07) is -0.253. The van der Waals surface area contributed by atoms with Gasteiger partial charge in [0.15, 0.2) is 17.5 Å². The van der Waals surface area contributed by atoms with Gasteiger partial charge >= 0.3 is 12.2 Å². The molecule has 0 aliphatic carbocycles. The van der Waals surface area contributed by atoms with Gasteiger partial charge < -0.3 is 9.63 Å². The van der Waals surface area contributed by atoms with Gasteiger partial charge in [0.05, 0.1) is 0 Å². The minimum Gasteiger partial charge on any atom is -0.370 e. The monoisotopic (exact) mass is 311 g/mol. The molecule has 0 aromatic carbocycles. The molecule has 2 atom stereocenters. The second kappa shape index (κ2) is 4.98. The van der Waals surface area contributed by atoms with E-state index in [-0.39, 0.29) is 6.54 Å². The number of aromatic nitrogens is 1. The van der Waals surface area contributed by atoms with E-state index in [4.69, 9.17) is 11.6 Å². The van der Waals surface area contributed by atoms with Gasteiger partial charge in [0.1, 0.15) is 0 Å². The number of nitrogens with zero attached hydrogens (tertiary/aromatic N) is 3. The number of hydrogen-bond donors (Lipinski definition) is 1. The van der Waals surface area contributed by atoms with E-state index in [0.717, 1.165) is 4.90 Å². The van der Waals surface area contributed by atoms with Crippen LogP contribution in [-0.4, -0.2) is 39.5 Å². The van der Waals surface area contributed by atoms with Crippen molar-refractivity contribution >= 4 is 23.4 Å². The van der Waals surface area contributed by atoms with Crippen LogP contribution >= 0.6 is 11.6 Å². The van der Waals surface area contributed by atoms with Gasteiger partial charge in [0.2, 0.25) is 5.76 Å². The molecule has 6 nitrogen and oxygen atoms in total. The van der Waals surface area contributed by atoms with Crippen LogP contribution in [0.2, 0.25) is 0 Å². The number of anilines is 1. The first-order valence-corrected chi connectivity index (χ1v) is 5.77. The number of halogens is 4. The molecule has 0 bridgehead atoms. The van der Waals surface area contributed by atoms with Crippen molar-refractivity contribution in [2.24, 2.45) is 0 Å². The third kappa shape index (κ3) is 2.34. The van der Waals surface area contributed by atoms with Crippen molar-refractivity contribution < 1.29 is 27.6 Å². The summed E-state index contributed by atoms with van der Waals surface area (Å²) < 4.78 is 41.4. The van der Waals surface area contributed by atoms with Crippen LogP contribution in [-0.2, 0) is 6.18 Å². The van der Waals surface area contributed by atoms with Crippen LogP contribution in [0.15, 0.2) is 23.2 Å². The largest absolute Gasteiger partial charge is 0.452 e. The number of rotatable bonds is 3. The number of aliphatic hydroxyl groups is 1. The van der Waals surface area contributed by atoms with E-state index in [1.165, 1.54) is 6.08 Å². The maximum absolute atomic E-state index is 12.4. The molecule has 2 unspecified atom stereocenters. The summed E-state index contributed by atoms with van der Waals surface area (Å²) >= 11 is 5.83. The van der Waals surface area contributed by atoms with Crippen molar-refractivity contribution in [1.82, 2.24) is 10.1 Å². The lowest BCUT2D eigenvalue weighted by atomic mass is 10.4. The van der Waals surface area contributed by atoms with E-state index in [9.17, 15) is 23.1 Å². The van der Waals surface area contributed by atoms with Crippen molar-refractivity contribution in [1.29, 1.82) is 0 Å². The highest BCUT2D eigenvalue weighted by molar-refractivity contribution is 6.25. The summed E-state index contributed by atoms with van der Waals surface area (Å²) in [4.78, 5) is 13.6. The number of alkyl halides is 4. The number of hydrogen-bond acceptors (Lipinski definition) is 4. The predicted octanol–water partition coefficient (Wildman–Crippen LogP) is 2.00. The van der Waals surface area contributed by atoms with Gasteiger partial charge in [-0.05, 0) is 0 Å². The Labute approximate surface area is 116 Å². The van der Waals surface area contributed by atoms with E-state index >= 15 is 0 Å². The lowest BCUT2D eigenvalue weighted by Gasteiger charge is -2.16. The molecule has 1 aromatic heterocycles. The Morgan fingerprint density at radius 3 is 2.75 bits per heavy atom. The van der Waals surface area contributed by atoms with Crippen molar-refractivity contribution in [3.8, 4) is 0 Å². The first-order chi connectivity index (χ1) is 9.27. The molecular formula is C10H9ClF3N3O3. The molecule has 1 fully saturated rings. The van der Waals surface area contributed by atoms with Crippen LogP contribution in [0.5, 0.6) is 0 Å². The van der Waals surface area contributed by atoms with Crippen LogP contribution in [0.4, 0.5) is 23.8 Å². The van der Waals surface area contributed by atoms with Crippen LogP contribution in [0.1, 0.15) is 5.76 Å². The summed E-state index contributed by atoms with van der Waals surface area (Å²) in [5, 5.41) is 12.9. The number of amides is 2. The highest BCUT2D eigenvalue weighted by Crippen LogP contribution is 2.35. The molecule has 2 heterocycles. The number of aliphatic hydroxyl groups excluding tert-OH is 1. The van der Waals surface area contributed by atoms with E-state index in [2.05, 4.69) is 16.3 Å². The zero-order valence-corrected chi connectivity index (χ0v) is 10.6. The van der Waals surface area contributed by atoms with Crippen molar-refractivity contribution in [2.45, 2.75) is 17.9 Å². The quantitative estimate of drug-likeness (QED) is 0.526. The average Bonchev–Trinajstić information content (AvgIpc) is 2.90. The smallest absolute Gasteiger partial charge is 0.370 e. The first kappa shape index (κ1) is 14.7. The second-order valence-electron chi connectivity index (χ2n) is 3.93. The third-order valence-corrected chi connectivity index (χ3v) is 3.03. The topological polar surface area (TPSA) is 69.8 Å². The number of carbonyl (C=O) groups is 1. The van der Waals surface area contributed by atoms with Gasteiger partial charge in [0, 0.05) is 12.6 Å². The van der Waals surface area contributed by atoms with Crippen LogP contribution < -0.4 is 4.90 Å². The number of carbonyl (C=O) groups excluding carboxylic acids is 1. The van der Waals surface area contributed by atoms with Gasteiger partial charge in [-0.15, -0.1) is 6.58 Å². The molecule has 2 amide bonds. The molecule has 1 aromatic rings. The SMILES string of the molecule is C=CCN1C(=O)N(c2cc(C(F)(F)F)on2)C(Cl)C1O. The minimum atomic E-state index is -4.73. The van der Waals surface area contributed by atoms with Crippen LogP contribution in [0, 0.1) is 0 Å². The third-order valence-electron chi connectivity index (χ3n) is 2.61. The molecule has 1 aliphatic rings. The zero-order valence-electron chi connectivity index (χ0n) is 9.84. The fraction of sp³-hybridized carbons (Fsp3) is 0.400. The van der Waals surface area contributed by atoms with E-state index in [1.54, 1.807) is 0 Å². The maximum atomic E-state index is 12.4. The van der Waals surface area contributed by atoms with Crippen LogP contribution in [0.25, 0.3) is 0 Å². The van der Waals surface area contributed by atoms with Gasteiger partial charge in [-0.25, -0.2) is 4.79 Å². The summed E-state index contributed by atoms with van der Waals surface area (Å²) in [5.41, 5.74) is -1.28. The fourth-order valence-corrected chi connectivity index (χ4v) is 2.02. The molecule has 1 aliphatic heterocycles. The van der Waals surface area contributed by atoms with Crippen LogP contribution in [0.3, 0.4) is 0 Å². The Balaban J connectivity index is 2.31. The van der Waals surface area contributed by atoms with Crippen molar-refractivity contribution in [2.75, 3.05) is 11.4 Å². The van der Waals surface area contributed by atoms with E-state index in [1.807, 2.05) is 0 Å². The second-order valence-corrected chi connectivity index (χ2v) is 4.37. The summed E-state index contributed by atoms with van der Waals surface area (Å²) in [7, 11) is 0. The lowest BCUT2D eigenvalue weighted by molar-refractivity contribution is -0.155. The molecule has 20 heavy (non-hydrogen) atoms. The first-order valence-electron chi connectivity index (χ1n) is 5.34. The predicted molar refractivity (Wildman–Crippen MR) is 61.9 cm³/mol. The lowest BCUT2D eigenvalue weighted by Crippen LogP contribution is -2.35. The van der Waals surface area contributed by atoms with E-state index < -0.39 is 35.5 Å². The fourth-order valence-electron chi connectivity index (χ4n) is 1.70. The molecule has 0 radical (unpaired) electrons. The normalized spacial score (nSPS) is 23.6. The standard InChI is InChI=1S/C10H9ClF3N3O3/c1-2-3-16-8(18)7(11)17(9(16)19)6-4-5(20-15-6)10(12,13)14/h2,4,7-8,18H,1,3H2. The number of urea groups is 1. The summed E-state index contributed by atoms with van der Waals surface area (Å²) in [6.45, 7) is 3.39. The highest BCUT2D eigenvalue weighted by Gasteiger charge is 2.46. The molecule has 1 saturated heterocycles. The Morgan fingerprint density at radius 2 is 2.25 bits per heavy atom. The molecule has 10 heteroatoms.